The third kappa shape index (κ3) is 3.71. The van der Waals surface area contributed by atoms with Gasteiger partial charge in [-0.3, -0.25) is 4.79 Å². The van der Waals surface area contributed by atoms with Gasteiger partial charge < -0.3 is 10.6 Å². The highest BCUT2D eigenvalue weighted by Crippen LogP contribution is 2.26. The van der Waals surface area contributed by atoms with Crippen molar-refractivity contribution in [2.75, 3.05) is 18.0 Å². The van der Waals surface area contributed by atoms with Crippen molar-refractivity contribution < 1.29 is 4.79 Å². The van der Waals surface area contributed by atoms with Crippen LogP contribution in [0.15, 0.2) is 42.7 Å². The first-order valence-electron chi connectivity index (χ1n) is 9.21. The van der Waals surface area contributed by atoms with Crippen LogP contribution < -0.4 is 10.6 Å². The van der Waals surface area contributed by atoms with Crippen LogP contribution in [0.2, 0.25) is 5.02 Å². The summed E-state index contributed by atoms with van der Waals surface area (Å²) in [5.41, 5.74) is 9.00. The Hall–Kier alpha value is -2.93. The number of amides is 1. The van der Waals surface area contributed by atoms with Crippen LogP contribution in [0, 0.1) is 12.8 Å². The lowest BCUT2D eigenvalue weighted by atomic mass is 9.96. The van der Waals surface area contributed by atoms with Crippen molar-refractivity contribution >= 4 is 23.5 Å². The van der Waals surface area contributed by atoms with E-state index in [-0.39, 0.29) is 11.8 Å². The zero-order valence-electron chi connectivity index (χ0n) is 15.5. The molecule has 28 heavy (non-hydrogen) atoms. The molecule has 8 heteroatoms. The fraction of sp³-hybridized carbons (Fsp3) is 0.300. The average Bonchev–Trinajstić information content (AvgIpc) is 3.10. The molecule has 0 unspecified atom stereocenters. The van der Waals surface area contributed by atoms with Gasteiger partial charge in [0.05, 0.1) is 17.1 Å². The summed E-state index contributed by atoms with van der Waals surface area (Å²) < 4.78 is 1.82. The van der Waals surface area contributed by atoms with Crippen molar-refractivity contribution in [2.24, 2.45) is 11.7 Å². The number of primary amides is 1. The lowest BCUT2D eigenvalue weighted by molar-refractivity contribution is -0.122. The summed E-state index contributed by atoms with van der Waals surface area (Å²) in [5.74, 6) is 0.387. The van der Waals surface area contributed by atoms with Crippen LogP contribution in [0.25, 0.3) is 16.9 Å². The number of aryl methyl sites for hydroxylation is 1. The number of piperidine rings is 1. The molecule has 1 fully saturated rings. The number of benzene rings is 1. The van der Waals surface area contributed by atoms with Crippen LogP contribution in [0.5, 0.6) is 0 Å². The molecule has 1 aliphatic heterocycles. The van der Waals surface area contributed by atoms with E-state index >= 15 is 0 Å². The Morgan fingerprint density at radius 2 is 1.89 bits per heavy atom. The smallest absolute Gasteiger partial charge is 0.225 e. The summed E-state index contributed by atoms with van der Waals surface area (Å²) in [6.45, 7) is 3.40. The van der Waals surface area contributed by atoms with Crippen LogP contribution in [-0.2, 0) is 4.79 Å². The Balaban J connectivity index is 1.58. The molecule has 2 aromatic heterocycles. The molecule has 3 aromatic rings. The van der Waals surface area contributed by atoms with Crippen molar-refractivity contribution in [3.8, 4) is 16.9 Å². The maximum Gasteiger partial charge on any atom is 0.225 e. The summed E-state index contributed by atoms with van der Waals surface area (Å²) in [7, 11) is 0. The lowest BCUT2D eigenvalue weighted by Crippen LogP contribution is -2.39. The highest BCUT2D eigenvalue weighted by atomic mass is 35.5. The number of nitrogens with two attached hydrogens (primary N) is 1. The number of halogens is 1. The largest absolute Gasteiger partial charge is 0.369 e. The minimum absolute atomic E-state index is 0.0562. The van der Waals surface area contributed by atoms with Crippen LogP contribution in [0.1, 0.15) is 18.5 Å². The molecular formula is C20H21ClN6O. The van der Waals surface area contributed by atoms with Gasteiger partial charge in [-0.1, -0.05) is 11.6 Å². The van der Waals surface area contributed by atoms with Gasteiger partial charge in [-0.15, -0.1) is 0 Å². The van der Waals surface area contributed by atoms with Crippen molar-refractivity contribution in [1.82, 2.24) is 19.7 Å². The van der Waals surface area contributed by atoms with Gasteiger partial charge in [0, 0.05) is 42.0 Å². The van der Waals surface area contributed by atoms with Crippen LogP contribution in [0.3, 0.4) is 0 Å². The molecule has 0 atom stereocenters. The highest BCUT2D eigenvalue weighted by Gasteiger charge is 2.24. The molecule has 4 rings (SSSR count). The normalized spacial score (nSPS) is 15.0. The van der Waals surface area contributed by atoms with Crippen LogP contribution in [0.4, 0.5) is 5.95 Å². The summed E-state index contributed by atoms with van der Waals surface area (Å²) >= 11 is 5.97. The van der Waals surface area contributed by atoms with Crippen molar-refractivity contribution in [3.63, 3.8) is 0 Å². The van der Waals surface area contributed by atoms with E-state index in [1.165, 1.54) is 0 Å². The van der Waals surface area contributed by atoms with E-state index in [2.05, 4.69) is 15.0 Å². The van der Waals surface area contributed by atoms with Gasteiger partial charge >= 0.3 is 0 Å². The molecule has 144 valence electrons. The molecule has 1 saturated heterocycles. The molecule has 0 spiro atoms. The van der Waals surface area contributed by atoms with Gasteiger partial charge in [-0.25, -0.2) is 14.6 Å². The van der Waals surface area contributed by atoms with E-state index in [0.29, 0.717) is 11.0 Å². The summed E-state index contributed by atoms with van der Waals surface area (Å²) in [6.07, 6.45) is 5.19. The Morgan fingerprint density at radius 3 is 2.57 bits per heavy atom. The molecular weight excluding hydrogens is 376 g/mol. The van der Waals surface area contributed by atoms with E-state index in [4.69, 9.17) is 22.3 Å². The number of hydrogen-bond acceptors (Lipinski definition) is 5. The number of carbonyl (C=O) groups excluding carboxylic acids is 1. The summed E-state index contributed by atoms with van der Waals surface area (Å²) in [5, 5.41) is 5.29. The highest BCUT2D eigenvalue weighted by molar-refractivity contribution is 6.30. The zero-order valence-corrected chi connectivity index (χ0v) is 16.3. The number of carbonyl (C=O) groups is 1. The Bertz CT molecular complexity index is 992. The minimum Gasteiger partial charge on any atom is -0.369 e. The molecule has 0 saturated carbocycles. The molecule has 0 bridgehead atoms. The molecule has 3 heterocycles. The standard InChI is InChI=1S/C20H21ClN6O/c1-13-17(12-27(25-13)16-4-2-15(21)3-5-16)18-6-9-23-20(24-18)26-10-7-14(8-11-26)19(22)28/h2-6,9,12,14H,7-8,10-11H2,1H3,(H2,22,28). The van der Waals surface area contributed by atoms with Gasteiger partial charge in [-0.05, 0) is 50.1 Å². The third-order valence-electron chi connectivity index (χ3n) is 5.09. The monoisotopic (exact) mass is 396 g/mol. The number of nitrogens with zero attached hydrogens (tertiary/aromatic N) is 5. The van der Waals surface area contributed by atoms with E-state index in [1.54, 1.807) is 6.20 Å². The molecule has 2 N–H and O–H groups in total. The second kappa shape index (κ2) is 7.59. The molecule has 0 aliphatic carbocycles. The SMILES string of the molecule is Cc1nn(-c2ccc(Cl)cc2)cc1-c1ccnc(N2CCC(C(N)=O)CC2)n1. The predicted octanol–water partition coefficient (Wildman–Crippen LogP) is 2.99. The third-order valence-corrected chi connectivity index (χ3v) is 5.34. The van der Waals surface area contributed by atoms with Gasteiger partial charge in [-0.2, -0.15) is 5.10 Å². The van der Waals surface area contributed by atoms with Gasteiger partial charge in [0.25, 0.3) is 0 Å². The first-order valence-corrected chi connectivity index (χ1v) is 9.59. The van der Waals surface area contributed by atoms with E-state index in [0.717, 1.165) is 48.6 Å². The number of anilines is 1. The van der Waals surface area contributed by atoms with Gasteiger partial charge in [0.15, 0.2) is 0 Å². The average molecular weight is 397 g/mol. The predicted molar refractivity (Wildman–Crippen MR) is 108 cm³/mol. The minimum atomic E-state index is -0.223. The summed E-state index contributed by atoms with van der Waals surface area (Å²) in [6, 6.07) is 9.41. The first-order chi connectivity index (χ1) is 13.5. The lowest BCUT2D eigenvalue weighted by Gasteiger charge is -2.30. The number of aromatic nitrogens is 4. The van der Waals surface area contributed by atoms with Gasteiger partial charge in [0.1, 0.15) is 0 Å². The maximum absolute atomic E-state index is 11.4. The molecule has 1 amide bonds. The van der Waals surface area contributed by atoms with Crippen molar-refractivity contribution in [3.05, 3.63) is 53.4 Å². The fourth-order valence-corrected chi connectivity index (χ4v) is 3.58. The van der Waals surface area contributed by atoms with E-state index in [9.17, 15) is 4.79 Å². The topological polar surface area (TPSA) is 89.9 Å². The zero-order chi connectivity index (χ0) is 19.7. The fourth-order valence-electron chi connectivity index (χ4n) is 3.45. The van der Waals surface area contributed by atoms with Crippen LogP contribution in [-0.4, -0.2) is 38.7 Å². The van der Waals surface area contributed by atoms with Crippen molar-refractivity contribution in [2.45, 2.75) is 19.8 Å². The number of hydrogen-bond donors (Lipinski definition) is 1. The molecule has 1 aromatic carbocycles. The number of rotatable bonds is 4. The first kappa shape index (κ1) is 18.4. The Morgan fingerprint density at radius 1 is 1.18 bits per heavy atom. The quantitative estimate of drug-likeness (QED) is 0.732. The molecule has 7 nitrogen and oxygen atoms in total. The second-order valence-electron chi connectivity index (χ2n) is 6.95. The molecule has 0 radical (unpaired) electrons. The Kier molecular flexibility index (Phi) is 5.00. The second-order valence-corrected chi connectivity index (χ2v) is 7.39. The maximum atomic E-state index is 11.4. The van der Waals surface area contributed by atoms with E-state index in [1.807, 2.05) is 48.1 Å². The van der Waals surface area contributed by atoms with Crippen LogP contribution >= 0.6 is 11.6 Å². The molecule has 1 aliphatic rings. The van der Waals surface area contributed by atoms with E-state index < -0.39 is 0 Å². The van der Waals surface area contributed by atoms with Gasteiger partial charge in [0.2, 0.25) is 11.9 Å². The summed E-state index contributed by atoms with van der Waals surface area (Å²) in [4.78, 5) is 22.6. The Labute approximate surface area is 168 Å². The van der Waals surface area contributed by atoms with Crippen molar-refractivity contribution in [1.29, 1.82) is 0 Å².